The Morgan fingerprint density at radius 1 is 0.492 bits per heavy atom. The van der Waals surface area contributed by atoms with Crippen LogP contribution in [0.5, 0.6) is 5.75 Å². The van der Waals surface area contributed by atoms with Crippen LogP contribution in [0.25, 0.3) is 0 Å². The Morgan fingerprint density at radius 3 is 0.873 bits per heavy atom. The molecule has 63 heavy (non-hydrogen) atoms. The van der Waals surface area contributed by atoms with Crippen molar-refractivity contribution in [2.45, 2.75) is 53.1 Å². The summed E-state index contributed by atoms with van der Waals surface area (Å²) in [5.74, 6) is -0.434. The molecule has 356 valence electrons. The van der Waals surface area contributed by atoms with E-state index in [1.807, 2.05) is 72.8 Å². The van der Waals surface area contributed by atoms with E-state index in [1.165, 1.54) is 26.0 Å². The molecule has 2 radical (unpaired) electrons. The molecule has 0 unspecified atom stereocenters. The molecule has 0 amide bonds. The minimum atomic E-state index is -4.94. The van der Waals surface area contributed by atoms with Crippen LogP contribution in [0.2, 0.25) is 0 Å². The van der Waals surface area contributed by atoms with Crippen molar-refractivity contribution >= 4 is 5.78 Å². The molecule has 0 saturated heterocycles. The molecule has 6 N–H and O–H groups in total. The van der Waals surface area contributed by atoms with Crippen LogP contribution in [0.3, 0.4) is 0 Å². The summed E-state index contributed by atoms with van der Waals surface area (Å²) >= 11 is 0. The van der Waals surface area contributed by atoms with Crippen molar-refractivity contribution in [3.63, 3.8) is 0 Å². The quantitative estimate of drug-likeness (QED) is 0.0827. The van der Waals surface area contributed by atoms with Gasteiger partial charge in [-0.05, 0) is 85.6 Å². The number of hydrogen-bond acceptors (Lipinski definition) is 20. The summed E-state index contributed by atoms with van der Waals surface area (Å²) in [5, 5.41) is 13.7. The van der Waals surface area contributed by atoms with Gasteiger partial charge in [0.1, 0.15) is 11.6 Å². The Bertz CT molecular complexity index is 1680. The molecule has 0 aliphatic carbocycles. The molecule has 0 bridgehead atoms. The summed E-state index contributed by atoms with van der Waals surface area (Å²) in [6.45, 7) is 5.55. The monoisotopic (exact) mass is 1050 g/mol. The Morgan fingerprint density at radius 2 is 0.698 bits per heavy atom. The molecule has 28 heteroatoms. The third kappa shape index (κ3) is 39.8. The average molecular weight is 1060 g/mol. The maximum absolute atomic E-state index is 15.0. The number of rotatable bonds is 12. The number of halogens is 4. The molecule has 5 aromatic rings. The molecule has 4 heterocycles. The second-order valence-electron chi connectivity index (χ2n) is 11.7. The predicted molar refractivity (Wildman–Crippen MR) is 175 cm³/mol. The molecular weight excluding hydrogens is 1010 g/mol. The summed E-state index contributed by atoms with van der Waals surface area (Å²) in [7, 11) is -14.8. The molecule has 1 aromatic carbocycles. The van der Waals surface area contributed by atoms with Crippen molar-refractivity contribution in [2.24, 2.45) is 0 Å². The second-order valence-corrected chi connectivity index (χ2v) is 13.9. The average Bonchev–Trinajstić information content (AvgIpc) is 3.10. The number of Topliss-reactive ketones (excluding diaryl/α,β-unsaturated/α-hetero) is 1. The van der Waals surface area contributed by atoms with Crippen LogP contribution in [-0.4, -0.2) is 35.5 Å². The smallest absolute Gasteiger partial charge is 0.872 e. The summed E-state index contributed by atoms with van der Waals surface area (Å²) in [6, 6.07) is 25.6. The number of pyridine rings is 4. The molecule has 0 spiro atoms. The van der Waals surface area contributed by atoms with Crippen LogP contribution >= 0.6 is 0 Å². The summed E-state index contributed by atoms with van der Waals surface area (Å²) in [6.07, 6.45) is 6.97. The zero-order valence-electron chi connectivity index (χ0n) is 32.8. The third-order valence-electron chi connectivity index (χ3n) is 6.44. The minimum Gasteiger partial charge on any atom is -0.872 e. The van der Waals surface area contributed by atoms with E-state index in [9.17, 15) is 14.3 Å². The topological polar surface area (TPSA) is 441 Å². The first-order valence-electron chi connectivity index (χ1n) is 16.2. The van der Waals surface area contributed by atoms with Gasteiger partial charge in [-0.3, -0.25) is 29.7 Å². The van der Waals surface area contributed by atoms with Crippen molar-refractivity contribution in [3.05, 3.63) is 149 Å². The first-order chi connectivity index (χ1) is 27.4. The van der Waals surface area contributed by atoms with Gasteiger partial charge in [-0.15, -0.1) is 30.7 Å². The van der Waals surface area contributed by atoms with Gasteiger partial charge in [0.15, 0.2) is 0 Å². The van der Waals surface area contributed by atoms with E-state index in [0.717, 1.165) is 22.8 Å². The molecule has 22 nitrogen and oxygen atoms in total. The summed E-state index contributed by atoms with van der Waals surface area (Å²) in [5.41, 5.74) is 4.24. The third-order valence-corrected chi connectivity index (χ3v) is 6.44. The van der Waals surface area contributed by atoms with Gasteiger partial charge in [0.25, 0.3) is 0 Å². The van der Waals surface area contributed by atoms with Gasteiger partial charge in [0.2, 0.25) is 0 Å². The van der Waals surface area contributed by atoms with Gasteiger partial charge >= 0.3 is 34.1 Å². The van der Waals surface area contributed by atoms with E-state index in [0.29, 0.717) is 37.3 Å². The summed E-state index contributed by atoms with van der Waals surface area (Å²) in [4.78, 5) is 31.3. The van der Waals surface area contributed by atoms with Crippen molar-refractivity contribution in [1.29, 1.82) is 0 Å². The van der Waals surface area contributed by atoms with Gasteiger partial charge in [-0.2, -0.15) is 0 Å². The first kappa shape index (κ1) is 66.1. The maximum atomic E-state index is 15.0. The van der Waals surface area contributed by atoms with Gasteiger partial charge in [0.05, 0.1) is 22.8 Å². The van der Waals surface area contributed by atoms with Crippen molar-refractivity contribution in [3.8, 4) is 5.75 Å². The van der Waals surface area contributed by atoms with E-state index in [2.05, 4.69) is 29.7 Å². The number of hydrogen-bond donors (Lipinski definition) is 0. The van der Waals surface area contributed by atoms with E-state index in [4.69, 9.17) is 55.9 Å². The van der Waals surface area contributed by atoms with Gasteiger partial charge in [-0.1, -0.05) is 30.0 Å². The Balaban J connectivity index is -0.000000640. The standard InChI is InChI=1S/C32H31FN6O.C3H6O.3ClHO4.2Cu.2H2O/c33-27-17-25(19-38(21-28-9-1-5-13-34-28)22-29-10-2-6-14-35-29)32(40)26(18-27)20-39(23-30-11-3-7-15-36-30)24-31-12-4-8-16-37-31;1-3(2)4;3*2-1(3,4)5;;;;/h1-18,40H,19-24H2;1-2H3;3*(H,2,3,4,5);;;2*1H2/q;;;;;2*+2;;/p-2. The van der Waals surface area contributed by atoms with Gasteiger partial charge in [0, 0.05) is 64.1 Å². The number of benzene rings is 1. The van der Waals surface area contributed by atoms with Gasteiger partial charge in [-0.25, -0.2) is 60.3 Å². The number of carbonyl (C=O) groups excluding carboxylic acids is 1. The predicted octanol–water partition coefficient (Wildman–Crippen LogP) is -10.6. The zero-order chi connectivity index (χ0) is 44.6. The SMILES string of the molecule is CC(C)=O.[Cu+2].[Cu+2].[O-][Cl+3]([O-])([O-])[O-].[O-][Cl+3]([O-])([O-])[O-].[O-][Cl+3]([O-])([O-])[O-].[O-]c1c(CN(Cc2ccccn2)Cc2ccccn2)cc(F)cc1CN(Cc1ccccn1)Cc1ccccn1.[OH3+].[OH3+]. The van der Waals surface area contributed by atoms with E-state index < -0.39 is 36.5 Å². The Hall–Kier alpha value is -3.51. The first-order valence-corrected chi connectivity index (χ1v) is 19.9. The zero-order valence-corrected chi connectivity index (χ0v) is 37.0. The number of nitrogens with zero attached hydrogens (tertiary/aromatic N) is 6. The Kier molecular flexibility index (Phi) is 35.6. The normalized spacial score (nSPS) is 10.4. The maximum Gasteiger partial charge on any atom is 2.00 e. The Labute approximate surface area is 388 Å². The summed E-state index contributed by atoms with van der Waals surface area (Å²) < 4.78 is 117. The molecule has 5 rings (SSSR count). The van der Waals surface area contributed by atoms with E-state index in [-0.39, 0.29) is 69.7 Å². The molecule has 0 saturated carbocycles. The number of aromatic nitrogens is 4. The molecule has 4 aromatic heterocycles. The molecular formula is C35H42Cl3Cu2FN6O16+2. The van der Waals surface area contributed by atoms with Crippen molar-refractivity contribution in [2.75, 3.05) is 0 Å². The van der Waals surface area contributed by atoms with Crippen LogP contribution in [0.4, 0.5) is 4.39 Å². The molecule has 0 fully saturated rings. The van der Waals surface area contributed by atoms with Crippen LogP contribution in [0.1, 0.15) is 47.8 Å². The van der Waals surface area contributed by atoms with Crippen LogP contribution in [-0.2, 0) is 89.2 Å². The fourth-order valence-corrected chi connectivity index (χ4v) is 4.65. The fourth-order valence-electron chi connectivity index (χ4n) is 4.65. The van der Waals surface area contributed by atoms with Crippen molar-refractivity contribution < 1.29 is 146 Å². The number of carbonyl (C=O) groups is 1. The molecule has 0 atom stereocenters. The van der Waals surface area contributed by atoms with Crippen LogP contribution in [0, 0.1) is 36.5 Å². The van der Waals surface area contributed by atoms with E-state index in [1.54, 1.807) is 24.8 Å². The largest absolute Gasteiger partial charge is 2.00 e. The minimum absolute atomic E-state index is 0. The fraction of sp³-hybridized carbons (Fsp3) is 0.229. The molecule has 0 aliphatic heterocycles. The van der Waals surface area contributed by atoms with E-state index >= 15 is 0 Å². The molecule has 0 aliphatic rings. The second kappa shape index (κ2) is 33.9. The van der Waals surface area contributed by atoms with Crippen molar-refractivity contribution in [1.82, 2.24) is 29.7 Å². The van der Waals surface area contributed by atoms with Gasteiger partial charge < -0.3 is 20.9 Å². The van der Waals surface area contributed by atoms with Crippen LogP contribution < -0.4 is 61.0 Å². The number of ketones is 1. The van der Waals surface area contributed by atoms with Crippen LogP contribution in [0.15, 0.2) is 110 Å².